The topological polar surface area (TPSA) is 23.5 Å². The molecule has 2 nitrogen and oxygen atoms in total. The van der Waals surface area contributed by atoms with E-state index in [1.165, 1.54) is 0 Å². The van der Waals surface area contributed by atoms with Crippen molar-refractivity contribution in [2.75, 3.05) is 13.1 Å². The summed E-state index contributed by atoms with van der Waals surface area (Å²) in [6.45, 7) is 7.69. The van der Waals surface area contributed by atoms with Crippen molar-refractivity contribution in [3.63, 3.8) is 0 Å². The van der Waals surface area contributed by atoms with Crippen LogP contribution in [0.15, 0.2) is 24.3 Å². The highest BCUT2D eigenvalue weighted by atomic mass is 16.3. The van der Waals surface area contributed by atoms with Gasteiger partial charge in [0.15, 0.2) is 0 Å². The fourth-order valence-electron chi connectivity index (χ4n) is 1.19. The molecule has 0 aromatic carbocycles. The second-order valence-electron chi connectivity index (χ2n) is 3.31. The van der Waals surface area contributed by atoms with Gasteiger partial charge in [-0.1, -0.05) is 38.2 Å². The predicted octanol–water partition coefficient (Wildman–Crippen LogP) is 2.56. The Labute approximate surface area is 87.9 Å². The van der Waals surface area contributed by atoms with E-state index in [9.17, 15) is 5.11 Å². The number of aliphatic hydroxyl groups is 1. The quantitative estimate of drug-likeness (QED) is 0.501. The molecule has 0 fully saturated rings. The monoisotopic (exact) mass is 197 g/mol. The first-order chi connectivity index (χ1) is 6.72. The van der Waals surface area contributed by atoms with Crippen LogP contribution in [0, 0.1) is 0 Å². The minimum absolute atomic E-state index is 0.351. The Hall–Kier alpha value is -0.600. The summed E-state index contributed by atoms with van der Waals surface area (Å²) in [6.07, 6.45) is 10.3. The first-order valence-electron chi connectivity index (χ1n) is 5.44. The zero-order valence-electron chi connectivity index (χ0n) is 9.61. The van der Waals surface area contributed by atoms with E-state index < -0.39 is 0 Å². The van der Waals surface area contributed by atoms with Gasteiger partial charge in [0.1, 0.15) is 6.23 Å². The molecule has 0 amide bonds. The SMILES string of the molecule is CC/C=C/C/C=C/CN(CC)C(C)O. The highest BCUT2D eigenvalue weighted by Gasteiger charge is 2.04. The molecule has 0 aromatic rings. The molecule has 0 aliphatic rings. The van der Waals surface area contributed by atoms with Gasteiger partial charge in [-0.15, -0.1) is 0 Å². The van der Waals surface area contributed by atoms with Gasteiger partial charge in [0.25, 0.3) is 0 Å². The molecule has 0 aliphatic carbocycles. The molecule has 1 N–H and O–H groups in total. The molecule has 14 heavy (non-hydrogen) atoms. The molecule has 1 unspecified atom stereocenters. The molecule has 0 aliphatic heterocycles. The highest BCUT2D eigenvalue weighted by molar-refractivity contribution is 4.93. The minimum Gasteiger partial charge on any atom is -0.379 e. The van der Waals surface area contributed by atoms with Crippen molar-refractivity contribution in [1.29, 1.82) is 0 Å². The maximum absolute atomic E-state index is 9.33. The van der Waals surface area contributed by atoms with Crippen LogP contribution in [0.3, 0.4) is 0 Å². The molecule has 0 saturated heterocycles. The second-order valence-corrected chi connectivity index (χ2v) is 3.31. The molecule has 82 valence electrons. The smallest absolute Gasteiger partial charge is 0.104 e. The van der Waals surface area contributed by atoms with Gasteiger partial charge in [0.2, 0.25) is 0 Å². The second kappa shape index (κ2) is 8.97. The lowest BCUT2D eigenvalue weighted by Crippen LogP contribution is -2.32. The summed E-state index contributed by atoms with van der Waals surface area (Å²) in [7, 11) is 0. The van der Waals surface area contributed by atoms with Crippen molar-refractivity contribution < 1.29 is 5.11 Å². The summed E-state index contributed by atoms with van der Waals surface area (Å²) >= 11 is 0. The fraction of sp³-hybridized carbons (Fsp3) is 0.667. The summed E-state index contributed by atoms with van der Waals surface area (Å²) in [5.74, 6) is 0. The molecular formula is C12H23NO. The third-order valence-corrected chi connectivity index (χ3v) is 2.12. The molecule has 2 heteroatoms. The molecular weight excluding hydrogens is 174 g/mol. The molecule has 1 atom stereocenters. The third-order valence-electron chi connectivity index (χ3n) is 2.12. The highest BCUT2D eigenvalue weighted by Crippen LogP contribution is 1.96. The van der Waals surface area contributed by atoms with Crippen molar-refractivity contribution in [3.8, 4) is 0 Å². The van der Waals surface area contributed by atoms with E-state index in [1.807, 2.05) is 4.90 Å². The van der Waals surface area contributed by atoms with Crippen LogP contribution in [0.4, 0.5) is 0 Å². The van der Waals surface area contributed by atoms with E-state index in [0.717, 1.165) is 25.9 Å². The van der Waals surface area contributed by atoms with Gasteiger partial charge in [-0.2, -0.15) is 0 Å². The number of likely N-dealkylation sites (N-methyl/N-ethyl adjacent to an activating group) is 1. The lowest BCUT2D eigenvalue weighted by atomic mass is 10.3. The van der Waals surface area contributed by atoms with Crippen LogP contribution in [-0.2, 0) is 0 Å². The average Bonchev–Trinajstić information content (AvgIpc) is 2.16. The molecule has 0 saturated carbocycles. The van der Waals surface area contributed by atoms with Crippen LogP contribution in [0.2, 0.25) is 0 Å². The van der Waals surface area contributed by atoms with Crippen LogP contribution in [0.1, 0.15) is 33.6 Å². The number of allylic oxidation sites excluding steroid dienone is 3. The van der Waals surface area contributed by atoms with Gasteiger partial charge < -0.3 is 5.11 Å². The third kappa shape index (κ3) is 6.87. The number of nitrogens with zero attached hydrogens (tertiary/aromatic N) is 1. The zero-order chi connectivity index (χ0) is 10.8. The normalized spacial score (nSPS) is 14.6. The van der Waals surface area contributed by atoms with Gasteiger partial charge in [-0.25, -0.2) is 0 Å². The van der Waals surface area contributed by atoms with Gasteiger partial charge in [0, 0.05) is 6.54 Å². The Morgan fingerprint density at radius 3 is 2.29 bits per heavy atom. The molecule has 0 bridgehead atoms. The summed E-state index contributed by atoms with van der Waals surface area (Å²) in [6, 6.07) is 0. The maximum atomic E-state index is 9.33. The zero-order valence-corrected chi connectivity index (χ0v) is 9.61. The van der Waals surface area contributed by atoms with Gasteiger partial charge in [0.05, 0.1) is 0 Å². The molecule has 0 rings (SSSR count). The van der Waals surface area contributed by atoms with E-state index in [2.05, 4.69) is 38.2 Å². The van der Waals surface area contributed by atoms with Gasteiger partial charge in [-0.3, -0.25) is 4.90 Å². The van der Waals surface area contributed by atoms with Gasteiger partial charge in [-0.05, 0) is 26.3 Å². The van der Waals surface area contributed by atoms with E-state index in [0.29, 0.717) is 0 Å². The molecule has 0 heterocycles. The Morgan fingerprint density at radius 2 is 1.79 bits per heavy atom. The maximum Gasteiger partial charge on any atom is 0.104 e. The van der Waals surface area contributed by atoms with Crippen molar-refractivity contribution >= 4 is 0 Å². The Morgan fingerprint density at radius 1 is 1.14 bits per heavy atom. The average molecular weight is 197 g/mol. The summed E-state index contributed by atoms with van der Waals surface area (Å²) in [5, 5.41) is 9.33. The Balaban J connectivity index is 3.63. The molecule has 0 spiro atoms. The molecule has 0 radical (unpaired) electrons. The lowest BCUT2D eigenvalue weighted by Gasteiger charge is -2.21. The van der Waals surface area contributed by atoms with E-state index in [1.54, 1.807) is 6.92 Å². The number of hydrogen-bond acceptors (Lipinski definition) is 2. The summed E-state index contributed by atoms with van der Waals surface area (Å²) in [5.41, 5.74) is 0. The standard InChI is InChI=1S/C12H23NO/c1-4-6-7-8-9-10-11-13(5-2)12(3)14/h6-7,9-10,12,14H,4-5,8,11H2,1-3H3/b7-6+,10-9+. The summed E-state index contributed by atoms with van der Waals surface area (Å²) < 4.78 is 0. The van der Waals surface area contributed by atoms with Crippen LogP contribution >= 0.6 is 0 Å². The lowest BCUT2D eigenvalue weighted by molar-refractivity contribution is 0.0311. The Kier molecular flexibility index (Phi) is 8.59. The summed E-state index contributed by atoms with van der Waals surface area (Å²) in [4.78, 5) is 2.00. The van der Waals surface area contributed by atoms with E-state index in [-0.39, 0.29) is 6.23 Å². The predicted molar refractivity (Wildman–Crippen MR) is 62.1 cm³/mol. The van der Waals surface area contributed by atoms with Crippen molar-refractivity contribution in [2.45, 2.75) is 39.8 Å². The first-order valence-corrected chi connectivity index (χ1v) is 5.44. The van der Waals surface area contributed by atoms with Gasteiger partial charge >= 0.3 is 0 Å². The van der Waals surface area contributed by atoms with E-state index >= 15 is 0 Å². The van der Waals surface area contributed by atoms with Crippen molar-refractivity contribution in [3.05, 3.63) is 24.3 Å². The molecule has 0 aromatic heterocycles. The minimum atomic E-state index is -0.351. The largest absolute Gasteiger partial charge is 0.379 e. The van der Waals surface area contributed by atoms with Crippen LogP contribution < -0.4 is 0 Å². The first kappa shape index (κ1) is 13.4. The fourth-order valence-corrected chi connectivity index (χ4v) is 1.19. The number of hydrogen-bond donors (Lipinski definition) is 1. The van der Waals surface area contributed by atoms with Crippen molar-refractivity contribution in [1.82, 2.24) is 4.90 Å². The number of rotatable bonds is 7. The van der Waals surface area contributed by atoms with Crippen LogP contribution in [-0.4, -0.2) is 29.3 Å². The van der Waals surface area contributed by atoms with Crippen LogP contribution in [0.25, 0.3) is 0 Å². The van der Waals surface area contributed by atoms with E-state index in [4.69, 9.17) is 0 Å². The van der Waals surface area contributed by atoms with Crippen molar-refractivity contribution in [2.24, 2.45) is 0 Å². The van der Waals surface area contributed by atoms with Crippen LogP contribution in [0.5, 0.6) is 0 Å². The Bertz CT molecular complexity index is 173. The number of aliphatic hydroxyl groups excluding tert-OH is 1.